The topological polar surface area (TPSA) is 37.9 Å². The number of aromatic nitrogens is 2. The van der Waals surface area contributed by atoms with E-state index in [1.54, 1.807) is 7.11 Å². The Hall–Kier alpha value is -1.29. The molecule has 1 aromatic heterocycles. The number of H-pyrrole nitrogens is 1. The molecule has 0 amide bonds. The molecule has 2 rings (SSSR count). The second-order valence-electron chi connectivity index (χ2n) is 3.28. The van der Waals surface area contributed by atoms with Crippen LogP contribution in [-0.2, 0) is 0 Å². The van der Waals surface area contributed by atoms with E-state index in [2.05, 4.69) is 26.1 Å². The van der Waals surface area contributed by atoms with E-state index in [0.29, 0.717) is 0 Å². The van der Waals surface area contributed by atoms with Gasteiger partial charge in [-0.05, 0) is 31.2 Å². The first-order valence-corrected chi connectivity index (χ1v) is 5.36. The third kappa shape index (κ3) is 2.04. The Morgan fingerprint density at radius 3 is 2.73 bits per heavy atom. The summed E-state index contributed by atoms with van der Waals surface area (Å²) in [5.74, 6) is 0.816. The number of halogens is 1. The van der Waals surface area contributed by atoms with Crippen LogP contribution >= 0.6 is 15.9 Å². The van der Waals surface area contributed by atoms with Crippen molar-refractivity contribution in [2.45, 2.75) is 6.92 Å². The standard InChI is InChI=1S/C11H11BrN2O/c1-7-5-10(14-13-7)9-4-3-8(12)6-11(9)15-2/h3-6H,1-2H3,(H,13,14). The van der Waals surface area contributed by atoms with E-state index in [9.17, 15) is 0 Å². The number of nitrogens with one attached hydrogen (secondary N) is 1. The Morgan fingerprint density at radius 1 is 1.33 bits per heavy atom. The number of aryl methyl sites for hydroxylation is 1. The monoisotopic (exact) mass is 266 g/mol. The molecule has 0 atom stereocenters. The number of hydrogen-bond donors (Lipinski definition) is 1. The van der Waals surface area contributed by atoms with Crippen LogP contribution in [0.5, 0.6) is 5.75 Å². The number of aromatic amines is 1. The average molecular weight is 267 g/mol. The zero-order valence-electron chi connectivity index (χ0n) is 8.54. The summed E-state index contributed by atoms with van der Waals surface area (Å²) in [6.07, 6.45) is 0. The maximum atomic E-state index is 5.31. The van der Waals surface area contributed by atoms with Crippen LogP contribution in [0.2, 0.25) is 0 Å². The summed E-state index contributed by atoms with van der Waals surface area (Å²) in [6, 6.07) is 7.88. The Kier molecular flexibility index (Phi) is 2.77. The van der Waals surface area contributed by atoms with Gasteiger partial charge in [-0.15, -0.1) is 0 Å². The predicted octanol–water partition coefficient (Wildman–Crippen LogP) is 3.16. The molecule has 0 aliphatic heterocycles. The van der Waals surface area contributed by atoms with Gasteiger partial charge < -0.3 is 4.74 Å². The molecular weight excluding hydrogens is 256 g/mol. The molecule has 3 nitrogen and oxygen atoms in total. The van der Waals surface area contributed by atoms with Gasteiger partial charge in [0.2, 0.25) is 0 Å². The van der Waals surface area contributed by atoms with Crippen molar-refractivity contribution in [2.24, 2.45) is 0 Å². The fourth-order valence-corrected chi connectivity index (χ4v) is 1.77. The summed E-state index contributed by atoms with van der Waals surface area (Å²) in [6.45, 7) is 1.97. The molecule has 15 heavy (non-hydrogen) atoms. The first kappa shape index (κ1) is 10.2. The van der Waals surface area contributed by atoms with Crippen molar-refractivity contribution in [1.29, 1.82) is 0 Å². The summed E-state index contributed by atoms with van der Waals surface area (Å²) in [5, 5.41) is 7.12. The van der Waals surface area contributed by atoms with Gasteiger partial charge in [-0.1, -0.05) is 15.9 Å². The molecule has 1 heterocycles. The van der Waals surface area contributed by atoms with Crippen molar-refractivity contribution >= 4 is 15.9 Å². The lowest BCUT2D eigenvalue weighted by Gasteiger charge is -2.05. The molecule has 0 radical (unpaired) electrons. The van der Waals surface area contributed by atoms with Crippen molar-refractivity contribution in [1.82, 2.24) is 10.2 Å². The summed E-state index contributed by atoms with van der Waals surface area (Å²) in [5.41, 5.74) is 2.93. The highest BCUT2D eigenvalue weighted by Crippen LogP contribution is 2.31. The van der Waals surface area contributed by atoms with Gasteiger partial charge in [0.15, 0.2) is 0 Å². The van der Waals surface area contributed by atoms with Gasteiger partial charge >= 0.3 is 0 Å². The number of methoxy groups -OCH3 is 1. The highest BCUT2D eigenvalue weighted by Gasteiger charge is 2.08. The van der Waals surface area contributed by atoms with Crippen LogP contribution in [0.25, 0.3) is 11.3 Å². The van der Waals surface area contributed by atoms with Gasteiger partial charge in [-0.25, -0.2) is 0 Å². The number of rotatable bonds is 2. The van der Waals surface area contributed by atoms with Crippen molar-refractivity contribution in [3.05, 3.63) is 34.4 Å². The Bertz CT molecular complexity index is 479. The number of ether oxygens (including phenoxy) is 1. The molecule has 0 saturated heterocycles. The zero-order valence-corrected chi connectivity index (χ0v) is 10.1. The maximum Gasteiger partial charge on any atom is 0.129 e. The Labute approximate surface area is 96.6 Å². The van der Waals surface area contributed by atoms with E-state index in [0.717, 1.165) is 27.2 Å². The zero-order chi connectivity index (χ0) is 10.8. The van der Waals surface area contributed by atoms with Crippen LogP contribution < -0.4 is 4.74 Å². The van der Waals surface area contributed by atoms with Crippen molar-refractivity contribution in [3.8, 4) is 17.0 Å². The smallest absolute Gasteiger partial charge is 0.129 e. The molecule has 2 aromatic rings. The van der Waals surface area contributed by atoms with Crippen molar-refractivity contribution in [3.63, 3.8) is 0 Å². The number of hydrogen-bond acceptors (Lipinski definition) is 2. The van der Waals surface area contributed by atoms with Gasteiger partial charge in [0.1, 0.15) is 5.75 Å². The highest BCUT2D eigenvalue weighted by atomic mass is 79.9. The third-order valence-corrected chi connectivity index (χ3v) is 2.64. The second-order valence-corrected chi connectivity index (χ2v) is 4.20. The number of benzene rings is 1. The minimum atomic E-state index is 0.816. The molecule has 1 N–H and O–H groups in total. The summed E-state index contributed by atoms with van der Waals surface area (Å²) in [4.78, 5) is 0. The minimum absolute atomic E-state index is 0.816. The summed E-state index contributed by atoms with van der Waals surface area (Å²) in [7, 11) is 1.66. The number of nitrogens with zero attached hydrogens (tertiary/aromatic N) is 1. The SMILES string of the molecule is COc1cc(Br)ccc1-c1cc(C)[nH]n1. The summed E-state index contributed by atoms with van der Waals surface area (Å²) >= 11 is 3.41. The van der Waals surface area contributed by atoms with Gasteiger partial charge in [-0.2, -0.15) is 5.10 Å². The Morgan fingerprint density at radius 2 is 2.13 bits per heavy atom. The molecule has 0 spiro atoms. The maximum absolute atomic E-state index is 5.31. The minimum Gasteiger partial charge on any atom is -0.496 e. The van der Waals surface area contributed by atoms with Gasteiger partial charge in [0.05, 0.1) is 12.8 Å². The van der Waals surface area contributed by atoms with Crippen LogP contribution in [0.4, 0.5) is 0 Å². The second kappa shape index (κ2) is 4.06. The molecular formula is C11H11BrN2O. The Balaban J connectivity index is 2.52. The largest absolute Gasteiger partial charge is 0.496 e. The molecule has 0 aliphatic rings. The first-order chi connectivity index (χ1) is 7.20. The quantitative estimate of drug-likeness (QED) is 0.907. The molecule has 0 bridgehead atoms. The molecule has 0 aliphatic carbocycles. The third-order valence-electron chi connectivity index (χ3n) is 2.15. The van der Waals surface area contributed by atoms with E-state index in [1.165, 1.54) is 0 Å². The van der Waals surface area contributed by atoms with Crippen LogP contribution in [0.15, 0.2) is 28.7 Å². The van der Waals surface area contributed by atoms with E-state index in [1.807, 2.05) is 31.2 Å². The van der Waals surface area contributed by atoms with Crippen LogP contribution in [-0.4, -0.2) is 17.3 Å². The van der Waals surface area contributed by atoms with Crippen molar-refractivity contribution in [2.75, 3.05) is 7.11 Å². The van der Waals surface area contributed by atoms with E-state index in [-0.39, 0.29) is 0 Å². The van der Waals surface area contributed by atoms with Crippen LogP contribution in [0, 0.1) is 6.92 Å². The van der Waals surface area contributed by atoms with Crippen LogP contribution in [0.3, 0.4) is 0 Å². The molecule has 0 saturated carbocycles. The van der Waals surface area contributed by atoms with Gasteiger partial charge in [0, 0.05) is 15.7 Å². The van der Waals surface area contributed by atoms with E-state index >= 15 is 0 Å². The van der Waals surface area contributed by atoms with E-state index in [4.69, 9.17) is 4.74 Å². The fraction of sp³-hybridized carbons (Fsp3) is 0.182. The van der Waals surface area contributed by atoms with E-state index < -0.39 is 0 Å². The molecule has 1 aromatic carbocycles. The molecule has 0 unspecified atom stereocenters. The first-order valence-electron chi connectivity index (χ1n) is 4.56. The summed E-state index contributed by atoms with van der Waals surface area (Å²) < 4.78 is 6.30. The lowest BCUT2D eigenvalue weighted by Crippen LogP contribution is -1.88. The highest BCUT2D eigenvalue weighted by molar-refractivity contribution is 9.10. The fourth-order valence-electron chi connectivity index (χ4n) is 1.43. The lowest BCUT2D eigenvalue weighted by molar-refractivity contribution is 0.416. The average Bonchev–Trinajstić information content (AvgIpc) is 2.64. The lowest BCUT2D eigenvalue weighted by atomic mass is 10.1. The molecule has 0 fully saturated rings. The predicted molar refractivity (Wildman–Crippen MR) is 63.0 cm³/mol. The molecule has 78 valence electrons. The van der Waals surface area contributed by atoms with Gasteiger partial charge in [0.25, 0.3) is 0 Å². The normalized spacial score (nSPS) is 10.3. The van der Waals surface area contributed by atoms with Gasteiger partial charge in [-0.3, -0.25) is 5.10 Å². The van der Waals surface area contributed by atoms with Crippen LogP contribution in [0.1, 0.15) is 5.69 Å². The molecule has 4 heteroatoms. The van der Waals surface area contributed by atoms with Crippen molar-refractivity contribution < 1.29 is 4.74 Å².